The average molecular weight is 343 g/mol. The highest BCUT2D eigenvalue weighted by molar-refractivity contribution is 5.97. The Balaban J connectivity index is 1.52. The number of rotatable bonds is 5. The maximum Gasteiger partial charge on any atom is 0.255 e. The van der Waals surface area contributed by atoms with Crippen LogP contribution < -0.4 is 15.5 Å². The molecule has 3 heterocycles. The minimum atomic E-state index is -0.634. The van der Waals surface area contributed by atoms with Gasteiger partial charge in [-0.1, -0.05) is 0 Å². The first-order valence-corrected chi connectivity index (χ1v) is 8.29. The predicted molar refractivity (Wildman–Crippen MR) is 91.0 cm³/mol. The maximum absolute atomic E-state index is 12.4. The molecule has 1 aliphatic heterocycles. The molecule has 0 saturated carbocycles. The number of nitrogens with zero attached hydrogens (tertiary/aromatic N) is 3. The summed E-state index contributed by atoms with van der Waals surface area (Å²) in [6.07, 6.45) is 8.01. The highest BCUT2D eigenvalue weighted by Crippen LogP contribution is 2.15. The lowest BCUT2D eigenvalue weighted by atomic mass is 10.1. The second kappa shape index (κ2) is 7.78. The molecule has 1 saturated heterocycles. The fourth-order valence-electron chi connectivity index (χ4n) is 2.80. The molecule has 3 rings (SSSR count). The van der Waals surface area contributed by atoms with Crippen LogP contribution in [0.2, 0.25) is 0 Å². The van der Waals surface area contributed by atoms with Gasteiger partial charge in [0.25, 0.3) is 5.91 Å². The number of furan rings is 1. The van der Waals surface area contributed by atoms with Crippen LogP contribution in [0.3, 0.4) is 0 Å². The van der Waals surface area contributed by atoms with E-state index in [1.165, 1.54) is 12.5 Å². The molecule has 2 aromatic rings. The Kier molecular flexibility index (Phi) is 5.27. The van der Waals surface area contributed by atoms with E-state index in [1.807, 2.05) is 0 Å². The molecule has 25 heavy (non-hydrogen) atoms. The lowest BCUT2D eigenvalue weighted by molar-refractivity contribution is -0.123. The first kappa shape index (κ1) is 16.9. The van der Waals surface area contributed by atoms with Gasteiger partial charge >= 0.3 is 0 Å². The van der Waals surface area contributed by atoms with Gasteiger partial charge in [0.2, 0.25) is 11.9 Å². The van der Waals surface area contributed by atoms with E-state index in [0.717, 1.165) is 19.4 Å². The molecule has 8 heteroatoms. The van der Waals surface area contributed by atoms with Gasteiger partial charge in [-0.15, -0.1) is 0 Å². The van der Waals surface area contributed by atoms with Crippen LogP contribution in [0.4, 0.5) is 5.95 Å². The van der Waals surface area contributed by atoms with Gasteiger partial charge in [-0.3, -0.25) is 9.59 Å². The molecule has 0 aliphatic carbocycles. The quantitative estimate of drug-likeness (QED) is 0.839. The third-order valence-corrected chi connectivity index (χ3v) is 4.13. The molecule has 1 aliphatic rings. The van der Waals surface area contributed by atoms with Crippen molar-refractivity contribution in [2.24, 2.45) is 0 Å². The van der Waals surface area contributed by atoms with E-state index in [0.29, 0.717) is 18.1 Å². The van der Waals surface area contributed by atoms with E-state index in [4.69, 9.17) is 4.42 Å². The number of anilines is 1. The van der Waals surface area contributed by atoms with Crippen LogP contribution in [0.15, 0.2) is 41.5 Å². The Labute approximate surface area is 145 Å². The molecule has 1 fully saturated rings. The summed E-state index contributed by atoms with van der Waals surface area (Å²) in [6, 6.07) is 2.69. The molecule has 132 valence electrons. The zero-order valence-corrected chi connectivity index (χ0v) is 14.0. The summed E-state index contributed by atoms with van der Waals surface area (Å²) < 4.78 is 4.87. The third-order valence-electron chi connectivity index (χ3n) is 4.13. The topological polar surface area (TPSA) is 100 Å². The summed E-state index contributed by atoms with van der Waals surface area (Å²) in [7, 11) is 0. The normalized spacial score (nSPS) is 18.4. The van der Waals surface area contributed by atoms with Gasteiger partial charge in [0.1, 0.15) is 12.3 Å². The van der Waals surface area contributed by atoms with E-state index in [9.17, 15) is 9.59 Å². The van der Waals surface area contributed by atoms with Crippen LogP contribution >= 0.6 is 0 Å². The fourth-order valence-corrected chi connectivity index (χ4v) is 2.80. The van der Waals surface area contributed by atoms with Gasteiger partial charge < -0.3 is 20.0 Å². The molecule has 0 spiro atoms. The van der Waals surface area contributed by atoms with Crippen LogP contribution in [-0.2, 0) is 4.79 Å². The molecule has 8 nitrogen and oxygen atoms in total. The summed E-state index contributed by atoms with van der Waals surface area (Å²) in [4.78, 5) is 34.9. The lowest BCUT2D eigenvalue weighted by Crippen LogP contribution is -2.53. The molecular weight excluding hydrogens is 322 g/mol. The van der Waals surface area contributed by atoms with Gasteiger partial charge in [-0.25, -0.2) is 9.97 Å². The summed E-state index contributed by atoms with van der Waals surface area (Å²) in [5, 5.41) is 5.66. The molecule has 2 amide bonds. The molecule has 2 aromatic heterocycles. The molecule has 0 radical (unpaired) electrons. The first-order valence-electron chi connectivity index (χ1n) is 8.29. The van der Waals surface area contributed by atoms with E-state index >= 15 is 0 Å². The van der Waals surface area contributed by atoms with Crippen LogP contribution in [-0.4, -0.2) is 47.0 Å². The van der Waals surface area contributed by atoms with E-state index < -0.39 is 6.04 Å². The standard InChI is InChI=1S/C17H21N5O3/c1-12(20-16(24)13-5-9-25-11-13)15(23)21-14-4-2-8-22(10-14)17-18-6-3-7-19-17/h3,5-7,9,11-12,14H,2,4,8,10H2,1H3,(H,20,24)(H,21,23)/t12?,14-/m1/s1. The van der Waals surface area contributed by atoms with Crippen LogP contribution in [0.5, 0.6) is 0 Å². The minimum Gasteiger partial charge on any atom is -0.472 e. The van der Waals surface area contributed by atoms with Crippen molar-refractivity contribution in [1.82, 2.24) is 20.6 Å². The molecule has 2 atom stereocenters. The first-order chi connectivity index (χ1) is 12.1. The Hall–Kier alpha value is -2.90. The maximum atomic E-state index is 12.4. The zero-order chi connectivity index (χ0) is 17.6. The molecular formula is C17H21N5O3. The number of carbonyl (C=O) groups is 2. The second-order valence-electron chi connectivity index (χ2n) is 6.05. The van der Waals surface area contributed by atoms with Crippen molar-refractivity contribution in [3.63, 3.8) is 0 Å². The Morgan fingerprint density at radius 2 is 2.16 bits per heavy atom. The summed E-state index contributed by atoms with van der Waals surface area (Å²) >= 11 is 0. The summed E-state index contributed by atoms with van der Waals surface area (Å²) in [5.41, 5.74) is 0.393. The Morgan fingerprint density at radius 3 is 2.88 bits per heavy atom. The van der Waals surface area contributed by atoms with Crippen molar-refractivity contribution in [2.45, 2.75) is 31.8 Å². The summed E-state index contributed by atoms with van der Waals surface area (Å²) in [6.45, 7) is 3.18. The number of amides is 2. The van der Waals surface area contributed by atoms with Crippen molar-refractivity contribution in [3.8, 4) is 0 Å². The average Bonchev–Trinajstić information content (AvgIpc) is 3.17. The number of hydrogen-bond donors (Lipinski definition) is 2. The largest absolute Gasteiger partial charge is 0.472 e. The molecule has 0 aromatic carbocycles. The van der Waals surface area contributed by atoms with Gasteiger partial charge in [0.15, 0.2) is 0 Å². The highest BCUT2D eigenvalue weighted by atomic mass is 16.3. The predicted octanol–water partition coefficient (Wildman–Crippen LogP) is 0.973. The van der Waals surface area contributed by atoms with Crippen molar-refractivity contribution in [1.29, 1.82) is 0 Å². The molecule has 2 N–H and O–H groups in total. The Morgan fingerprint density at radius 1 is 1.36 bits per heavy atom. The van der Waals surface area contributed by atoms with Crippen LogP contribution in [0.1, 0.15) is 30.1 Å². The Bertz CT molecular complexity index is 704. The van der Waals surface area contributed by atoms with Gasteiger partial charge in [0, 0.05) is 31.5 Å². The van der Waals surface area contributed by atoms with Gasteiger partial charge in [0.05, 0.1) is 11.8 Å². The third kappa shape index (κ3) is 4.34. The SMILES string of the molecule is CC(NC(=O)c1ccoc1)C(=O)N[C@@H]1CCCN(c2ncccn2)C1. The monoisotopic (exact) mass is 343 g/mol. The van der Waals surface area contributed by atoms with Crippen LogP contribution in [0, 0.1) is 0 Å². The van der Waals surface area contributed by atoms with E-state index in [1.54, 1.807) is 31.5 Å². The molecule has 0 bridgehead atoms. The fraction of sp³-hybridized carbons (Fsp3) is 0.412. The zero-order valence-electron chi connectivity index (χ0n) is 14.0. The number of nitrogens with one attached hydrogen (secondary N) is 2. The van der Waals surface area contributed by atoms with Gasteiger partial charge in [-0.2, -0.15) is 0 Å². The van der Waals surface area contributed by atoms with Crippen molar-refractivity contribution in [3.05, 3.63) is 42.6 Å². The number of aromatic nitrogens is 2. The second-order valence-corrected chi connectivity index (χ2v) is 6.05. The summed E-state index contributed by atoms with van der Waals surface area (Å²) in [5.74, 6) is 0.125. The number of carbonyl (C=O) groups excluding carboxylic acids is 2. The van der Waals surface area contributed by atoms with E-state index in [-0.39, 0.29) is 17.9 Å². The minimum absolute atomic E-state index is 0.00154. The van der Waals surface area contributed by atoms with Crippen molar-refractivity contribution < 1.29 is 14.0 Å². The van der Waals surface area contributed by atoms with Crippen LogP contribution in [0.25, 0.3) is 0 Å². The highest BCUT2D eigenvalue weighted by Gasteiger charge is 2.25. The smallest absolute Gasteiger partial charge is 0.255 e. The number of piperidine rings is 1. The van der Waals surface area contributed by atoms with E-state index in [2.05, 4.69) is 25.5 Å². The van der Waals surface area contributed by atoms with Gasteiger partial charge in [-0.05, 0) is 31.9 Å². The number of hydrogen-bond acceptors (Lipinski definition) is 6. The lowest BCUT2D eigenvalue weighted by Gasteiger charge is -2.33. The van der Waals surface area contributed by atoms with Crippen molar-refractivity contribution >= 4 is 17.8 Å². The van der Waals surface area contributed by atoms with Crippen molar-refractivity contribution in [2.75, 3.05) is 18.0 Å². The molecule has 1 unspecified atom stereocenters.